The Bertz CT molecular complexity index is 1250. The van der Waals surface area contributed by atoms with E-state index in [9.17, 15) is 4.79 Å². The summed E-state index contributed by atoms with van der Waals surface area (Å²) in [7, 11) is 0. The van der Waals surface area contributed by atoms with Gasteiger partial charge in [-0.05, 0) is 55.6 Å². The summed E-state index contributed by atoms with van der Waals surface area (Å²) in [5.41, 5.74) is 3.28. The third-order valence-electron chi connectivity index (χ3n) is 5.54. The van der Waals surface area contributed by atoms with E-state index in [-0.39, 0.29) is 5.56 Å². The first kappa shape index (κ1) is 17.9. The molecule has 3 aromatic heterocycles. The molecule has 7 heteroatoms. The van der Waals surface area contributed by atoms with Gasteiger partial charge >= 0.3 is 0 Å². The van der Waals surface area contributed by atoms with E-state index in [0.29, 0.717) is 11.7 Å². The second-order valence-corrected chi connectivity index (χ2v) is 9.75. The van der Waals surface area contributed by atoms with Crippen molar-refractivity contribution >= 4 is 39.1 Å². The third-order valence-corrected chi connectivity index (χ3v) is 7.60. The van der Waals surface area contributed by atoms with Crippen LogP contribution in [0.1, 0.15) is 48.6 Å². The highest BCUT2D eigenvalue weighted by atomic mass is 32.2. The van der Waals surface area contributed by atoms with Gasteiger partial charge in [0.15, 0.2) is 5.16 Å². The lowest BCUT2D eigenvalue weighted by Gasteiger charge is -2.18. The zero-order valence-corrected chi connectivity index (χ0v) is 17.9. The van der Waals surface area contributed by atoms with Gasteiger partial charge in [-0.25, -0.2) is 8.97 Å². The summed E-state index contributed by atoms with van der Waals surface area (Å²) in [6, 6.07) is 8.05. The van der Waals surface area contributed by atoms with Gasteiger partial charge in [0.25, 0.3) is 5.56 Å². The molecule has 1 aliphatic rings. The number of hydrogen-bond acceptors (Lipinski definition) is 5. The van der Waals surface area contributed by atoms with E-state index in [1.165, 1.54) is 22.4 Å². The van der Waals surface area contributed by atoms with Crippen LogP contribution in [0.15, 0.2) is 34.2 Å². The smallest absolute Gasteiger partial charge is 0.268 e. The lowest BCUT2D eigenvalue weighted by molar-refractivity contribution is 0.601. The maximum Gasteiger partial charge on any atom is 0.268 e. The average molecular weight is 411 g/mol. The number of thioether (sulfide) groups is 1. The van der Waals surface area contributed by atoms with E-state index in [1.54, 1.807) is 27.7 Å². The maximum atomic E-state index is 13.8. The van der Waals surface area contributed by atoms with Crippen molar-refractivity contribution in [3.05, 3.63) is 50.6 Å². The number of thiophene rings is 1. The fraction of sp³-hybridized carbons (Fsp3) is 0.381. The van der Waals surface area contributed by atoms with Crippen LogP contribution in [-0.4, -0.2) is 24.9 Å². The van der Waals surface area contributed by atoms with Crippen LogP contribution in [-0.2, 0) is 6.42 Å². The first-order chi connectivity index (χ1) is 13.6. The average Bonchev–Trinajstić information content (AvgIpc) is 3.26. The van der Waals surface area contributed by atoms with Crippen molar-refractivity contribution < 1.29 is 0 Å². The first-order valence-electron chi connectivity index (χ1n) is 9.75. The SMILES string of the molecule is CCSc1nnc2n(-c3ccc(C)cc3)c(=O)c3c4c(sc3n12)CCC[C@@H]4C. The topological polar surface area (TPSA) is 52.2 Å². The van der Waals surface area contributed by atoms with Gasteiger partial charge in [0.1, 0.15) is 4.83 Å². The summed E-state index contributed by atoms with van der Waals surface area (Å²) in [6.07, 6.45) is 3.39. The normalized spacial score (nSPS) is 16.8. The number of nitrogens with zero attached hydrogens (tertiary/aromatic N) is 4. The van der Waals surface area contributed by atoms with Gasteiger partial charge in [-0.3, -0.25) is 4.79 Å². The molecule has 144 valence electrons. The molecule has 0 aliphatic heterocycles. The van der Waals surface area contributed by atoms with Crippen LogP contribution in [0, 0.1) is 6.92 Å². The molecule has 0 N–H and O–H groups in total. The number of benzene rings is 1. The molecule has 28 heavy (non-hydrogen) atoms. The summed E-state index contributed by atoms with van der Waals surface area (Å²) in [5.74, 6) is 1.92. The van der Waals surface area contributed by atoms with E-state index >= 15 is 0 Å². The molecular weight excluding hydrogens is 388 g/mol. The lowest BCUT2D eigenvalue weighted by Crippen LogP contribution is -2.22. The highest BCUT2D eigenvalue weighted by molar-refractivity contribution is 7.99. The molecule has 1 aliphatic carbocycles. The van der Waals surface area contributed by atoms with E-state index in [1.807, 2.05) is 24.3 Å². The lowest BCUT2D eigenvalue weighted by atomic mass is 9.88. The van der Waals surface area contributed by atoms with Crippen molar-refractivity contribution in [2.75, 3.05) is 5.75 Å². The minimum absolute atomic E-state index is 0.0260. The molecule has 0 saturated heterocycles. The zero-order chi connectivity index (χ0) is 19.4. The number of aromatic nitrogens is 4. The quantitative estimate of drug-likeness (QED) is 0.448. The van der Waals surface area contributed by atoms with Crippen molar-refractivity contribution in [2.45, 2.75) is 51.1 Å². The number of aryl methyl sites for hydroxylation is 2. The van der Waals surface area contributed by atoms with Crippen LogP contribution >= 0.6 is 23.1 Å². The first-order valence-corrected chi connectivity index (χ1v) is 11.6. The fourth-order valence-electron chi connectivity index (χ4n) is 4.20. The summed E-state index contributed by atoms with van der Waals surface area (Å²) in [6.45, 7) is 6.41. The van der Waals surface area contributed by atoms with Crippen LogP contribution in [0.25, 0.3) is 21.7 Å². The van der Waals surface area contributed by atoms with E-state index in [0.717, 1.165) is 39.7 Å². The standard InChI is InChI=1S/C21H22N4OS2/c1-4-27-21-23-22-20-24(14-10-8-12(2)9-11-14)18(26)17-16-13(3)6-5-7-15(16)28-19(17)25(20)21/h8-11,13H,4-7H2,1-3H3/t13-/m0/s1. The van der Waals surface area contributed by atoms with Crippen LogP contribution in [0.5, 0.6) is 0 Å². The Morgan fingerprint density at radius 1 is 1.25 bits per heavy atom. The van der Waals surface area contributed by atoms with Gasteiger partial charge in [0.05, 0.1) is 11.1 Å². The zero-order valence-electron chi connectivity index (χ0n) is 16.2. The van der Waals surface area contributed by atoms with Gasteiger partial charge in [-0.1, -0.05) is 43.3 Å². The Balaban J connectivity index is 1.96. The number of fused-ring (bicyclic) bond motifs is 5. The molecular formula is C21H22N4OS2. The molecule has 0 unspecified atom stereocenters. The highest BCUT2D eigenvalue weighted by Gasteiger charge is 2.28. The van der Waals surface area contributed by atoms with Crippen molar-refractivity contribution in [3.8, 4) is 5.69 Å². The Morgan fingerprint density at radius 3 is 2.79 bits per heavy atom. The molecule has 3 heterocycles. The molecule has 1 aromatic carbocycles. The molecule has 0 amide bonds. The fourth-order valence-corrected chi connectivity index (χ4v) is 6.37. The predicted molar refractivity (Wildman–Crippen MR) is 116 cm³/mol. The van der Waals surface area contributed by atoms with Crippen LogP contribution in [0.4, 0.5) is 0 Å². The Labute approximate surface area is 171 Å². The van der Waals surface area contributed by atoms with Gasteiger partial charge in [0, 0.05) is 4.88 Å². The monoisotopic (exact) mass is 410 g/mol. The minimum atomic E-state index is 0.0260. The van der Waals surface area contributed by atoms with Gasteiger partial charge in [0.2, 0.25) is 5.78 Å². The van der Waals surface area contributed by atoms with Crippen molar-refractivity contribution in [2.24, 2.45) is 0 Å². The summed E-state index contributed by atoms with van der Waals surface area (Å²) in [5, 5.41) is 10.6. The summed E-state index contributed by atoms with van der Waals surface area (Å²) < 4.78 is 3.84. The maximum absolute atomic E-state index is 13.8. The molecule has 0 spiro atoms. The predicted octanol–water partition coefficient (Wildman–Crippen LogP) is 4.96. The minimum Gasteiger partial charge on any atom is -0.268 e. The van der Waals surface area contributed by atoms with E-state index in [4.69, 9.17) is 0 Å². The van der Waals surface area contributed by atoms with Crippen molar-refractivity contribution in [3.63, 3.8) is 0 Å². The third kappa shape index (κ3) is 2.56. The molecule has 0 fully saturated rings. The van der Waals surface area contributed by atoms with E-state index < -0.39 is 0 Å². The molecule has 0 radical (unpaired) electrons. The Hall–Kier alpha value is -2.12. The van der Waals surface area contributed by atoms with Gasteiger partial charge in [-0.2, -0.15) is 0 Å². The molecule has 1 atom stereocenters. The van der Waals surface area contributed by atoms with Crippen molar-refractivity contribution in [1.29, 1.82) is 0 Å². The molecule has 0 saturated carbocycles. The van der Waals surface area contributed by atoms with Gasteiger partial charge < -0.3 is 0 Å². The Kier molecular flexibility index (Phi) is 4.32. The largest absolute Gasteiger partial charge is 0.268 e. The van der Waals surface area contributed by atoms with Crippen molar-refractivity contribution in [1.82, 2.24) is 19.2 Å². The molecule has 0 bridgehead atoms. The summed E-state index contributed by atoms with van der Waals surface area (Å²) in [4.78, 5) is 16.1. The van der Waals surface area contributed by atoms with Crippen LogP contribution in [0.3, 0.4) is 0 Å². The second-order valence-electron chi connectivity index (χ2n) is 7.44. The van der Waals surface area contributed by atoms with Crippen LogP contribution in [0.2, 0.25) is 0 Å². The molecule has 5 rings (SSSR count). The van der Waals surface area contributed by atoms with Gasteiger partial charge in [-0.15, -0.1) is 21.5 Å². The number of rotatable bonds is 3. The van der Waals surface area contributed by atoms with E-state index in [2.05, 4.69) is 35.4 Å². The number of hydrogen-bond donors (Lipinski definition) is 0. The molecule has 4 aromatic rings. The van der Waals surface area contributed by atoms with Crippen LogP contribution < -0.4 is 5.56 Å². The second kappa shape index (κ2) is 6.74. The molecule has 5 nitrogen and oxygen atoms in total. The highest BCUT2D eigenvalue weighted by Crippen LogP contribution is 2.41. The summed E-state index contributed by atoms with van der Waals surface area (Å²) >= 11 is 3.42. The Morgan fingerprint density at radius 2 is 2.04 bits per heavy atom.